The molecule has 0 radical (unpaired) electrons. The summed E-state index contributed by atoms with van der Waals surface area (Å²) in [5, 5.41) is 2.72. The lowest BCUT2D eigenvalue weighted by Crippen LogP contribution is -2.34. The summed E-state index contributed by atoms with van der Waals surface area (Å²) < 4.78 is 5.39. The summed E-state index contributed by atoms with van der Waals surface area (Å²) >= 11 is 0. The van der Waals surface area contributed by atoms with Gasteiger partial charge in [0.25, 0.3) is 11.8 Å². The van der Waals surface area contributed by atoms with Crippen molar-refractivity contribution in [2.24, 2.45) is 0 Å². The van der Waals surface area contributed by atoms with Gasteiger partial charge in [0, 0.05) is 25.7 Å². The fourth-order valence-electron chi connectivity index (χ4n) is 3.90. The Bertz CT molecular complexity index is 1180. The molecule has 1 N–H and O–H groups in total. The van der Waals surface area contributed by atoms with Crippen LogP contribution in [0, 0.1) is 0 Å². The highest BCUT2D eigenvalue weighted by Gasteiger charge is 2.41. The van der Waals surface area contributed by atoms with Crippen LogP contribution in [-0.2, 0) is 27.5 Å². The van der Waals surface area contributed by atoms with Gasteiger partial charge in [-0.3, -0.25) is 19.3 Å². The molecule has 168 valence electrons. The number of imide groups is 1. The molecule has 0 spiro atoms. The highest BCUT2D eigenvalue weighted by atomic mass is 16.3. The molecule has 7 heteroatoms. The van der Waals surface area contributed by atoms with Gasteiger partial charge in [0.15, 0.2) is 0 Å². The zero-order valence-electron chi connectivity index (χ0n) is 18.6. The van der Waals surface area contributed by atoms with Crippen LogP contribution in [0.2, 0.25) is 0 Å². The molecule has 3 amide bonds. The van der Waals surface area contributed by atoms with Crippen molar-refractivity contribution in [3.8, 4) is 0 Å². The second-order valence-corrected chi connectivity index (χ2v) is 7.76. The first-order valence-electron chi connectivity index (χ1n) is 10.8. The number of hydrogen-bond donors (Lipinski definition) is 1. The van der Waals surface area contributed by atoms with E-state index in [1.54, 1.807) is 36.4 Å². The molecule has 0 bridgehead atoms. The van der Waals surface area contributed by atoms with Crippen LogP contribution in [0.15, 0.2) is 83.1 Å². The van der Waals surface area contributed by atoms with Crippen LogP contribution < -0.4 is 5.32 Å². The zero-order valence-corrected chi connectivity index (χ0v) is 18.6. The maximum atomic E-state index is 13.5. The third kappa shape index (κ3) is 4.72. The molecule has 0 saturated carbocycles. The van der Waals surface area contributed by atoms with E-state index in [9.17, 15) is 14.4 Å². The molecule has 2 aromatic carbocycles. The Hall–Kier alpha value is -4.13. The highest BCUT2D eigenvalue weighted by Crippen LogP contribution is 2.34. The molecule has 0 unspecified atom stereocenters. The molecule has 0 saturated heterocycles. The Morgan fingerprint density at radius 3 is 2.30 bits per heavy atom. The maximum Gasteiger partial charge on any atom is 0.278 e. The van der Waals surface area contributed by atoms with Crippen molar-refractivity contribution < 1.29 is 18.8 Å². The Labute approximate surface area is 192 Å². The Morgan fingerprint density at radius 1 is 0.970 bits per heavy atom. The fraction of sp³-hybridized carbons (Fsp3) is 0.192. The summed E-state index contributed by atoms with van der Waals surface area (Å²) in [7, 11) is 0. The lowest BCUT2D eigenvalue weighted by Gasteiger charge is -2.25. The van der Waals surface area contributed by atoms with Crippen molar-refractivity contribution in [1.82, 2.24) is 9.80 Å². The van der Waals surface area contributed by atoms with E-state index < -0.39 is 0 Å². The van der Waals surface area contributed by atoms with Gasteiger partial charge in [-0.05, 0) is 42.3 Å². The monoisotopic (exact) mass is 443 g/mol. The van der Waals surface area contributed by atoms with Crippen LogP contribution in [0.3, 0.4) is 0 Å². The van der Waals surface area contributed by atoms with Crippen molar-refractivity contribution in [1.29, 1.82) is 0 Å². The molecule has 0 atom stereocenters. The number of amides is 3. The van der Waals surface area contributed by atoms with E-state index >= 15 is 0 Å². The minimum atomic E-state index is -0.370. The number of carbonyl (C=O) groups is 3. The molecule has 4 rings (SSSR count). The number of furan rings is 1. The second-order valence-electron chi connectivity index (χ2n) is 7.76. The van der Waals surface area contributed by atoms with E-state index in [-0.39, 0.29) is 24.3 Å². The highest BCUT2D eigenvalue weighted by molar-refractivity contribution is 6.35. The van der Waals surface area contributed by atoms with Crippen LogP contribution >= 0.6 is 0 Å². The van der Waals surface area contributed by atoms with Crippen molar-refractivity contribution >= 4 is 29.0 Å². The van der Waals surface area contributed by atoms with Gasteiger partial charge in [0.1, 0.15) is 11.5 Å². The van der Waals surface area contributed by atoms with Crippen molar-refractivity contribution in [3.05, 3.63) is 95.6 Å². The normalized spacial score (nSPS) is 13.6. The van der Waals surface area contributed by atoms with Crippen LogP contribution in [0.25, 0.3) is 5.57 Å². The van der Waals surface area contributed by atoms with Gasteiger partial charge in [-0.1, -0.05) is 42.5 Å². The SMILES string of the molecule is CCN(Cc1ccccc1)C1=C(c2ccc(NC(C)=O)cc2)C(=O)N(Cc2ccco2)C1=O. The van der Waals surface area contributed by atoms with Gasteiger partial charge < -0.3 is 14.6 Å². The van der Waals surface area contributed by atoms with Crippen molar-refractivity contribution in [2.45, 2.75) is 26.9 Å². The number of hydrogen-bond acceptors (Lipinski definition) is 5. The number of benzene rings is 2. The van der Waals surface area contributed by atoms with Gasteiger partial charge in [0.2, 0.25) is 5.91 Å². The predicted molar refractivity (Wildman–Crippen MR) is 124 cm³/mol. The summed E-state index contributed by atoms with van der Waals surface area (Å²) in [6, 6.07) is 20.2. The smallest absolute Gasteiger partial charge is 0.278 e. The van der Waals surface area contributed by atoms with Gasteiger partial charge in [0.05, 0.1) is 18.4 Å². The number of carbonyl (C=O) groups excluding carboxylic acids is 3. The maximum absolute atomic E-state index is 13.5. The fourth-order valence-corrected chi connectivity index (χ4v) is 3.90. The summed E-state index contributed by atoms with van der Waals surface area (Å²) in [6.07, 6.45) is 1.52. The first-order chi connectivity index (χ1) is 16.0. The minimum Gasteiger partial charge on any atom is -0.467 e. The molecule has 0 aliphatic carbocycles. The summed E-state index contributed by atoms with van der Waals surface area (Å²) in [6.45, 7) is 4.49. The summed E-state index contributed by atoms with van der Waals surface area (Å²) in [5.41, 5.74) is 2.99. The van der Waals surface area contributed by atoms with E-state index in [0.717, 1.165) is 5.56 Å². The van der Waals surface area contributed by atoms with Crippen LogP contribution in [0.5, 0.6) is 0 Å². The summed E-state index contributed by atoms with van der Waals surface area (Å²) in [4.78, 5) is 41.5. The Balaban J connectivity index is 1.74. The third-order valence-corrected chi connectivity index (χ3v) is 5.45. The number of anilines is 1. The van der Waals surface area contributed by atoms with E-state index in [1.807, 2.05) is 42.2 Å². The molecule has 33 heavy (non-hydrogen) atoms. The zero-order chi connectivity index (χ0) is 23.4. The van der Waals surface area contributed by atoms with E-state index in [1.165, 1.54) is 18.1 Å². The number of rotatable bonds is 8. The number of likely N-dealkylation sites (N-methyl/N-ethyl adjacent to an activating group) is 1. The molecule has 0 fully saturated rings. The quantitative estimate of drug-likeness (QED) is 0.532. The van der Waals surface area contributed by atoms with Gasteiger partial charge in [-0.15, -0.1) is 0 Å². The lowest BCUT2D eigenvalue weighted by atomic mass is 10.0. The van der Waals surface area contributed by atoms with Crippen LogP contribution in [-0.4, -0.2) is 34.1 Å². The summed E-state index contributed by atoms with van der Waals surface area (Å²) in [5.74, 6) is -0.371. The average Bonchev–Trinajstić information content (AvgIpc) is 3.41. The molecular formula is C26H25N3O4. The first-order valence-corrected chi connectivity index (χ1v) is 10.8. The number of nitrogens with one attached hydrogen (secondary N) is 1. The number of nitrogens with zero attached hydrogens (tertiary/aromatic N) is 2. The van der Waals surface area contributed by atoms with E-state index in [2.05, 4.69) is 5.32 Å². The van der Waals surface area contributed by atoms with Gasteiger partial charge in [-0.2, -0.15) is 0 Å². The largest absolute Gasteiger partial charge is 0.467 e. The molecule has 1 aromatic heterocycles. The standard InChI is InChI=1S/C26H25N3O4/c1-3-28(16-19-8-5-4-6-9-19)24-23(20-11-13-21(14-12-20)27-18(2)30)25(31)29(26(24)32)17-22-10-7-15-33-22/h4-15H,3,16-17H2,1-2H3,(H,27,30). The minimum absolute atomic E-state index is 0.0601. The van der Waals surface area contributed by atoms with Crippen molar-refractivity contribution in [3.63, 3.8) is 0 Å². The van der Waals surface area contributed by atoms with Crippen molar-refractivity contribution in [2.75, 3.05) is 11.9 Å². The molecule has 3 aromatic rings. The molecule has 2 heterocycles. The third-order valence-electron chi connectivity index (χ3n) is 5.45. The first kappa shape index (κ1) is 22.1. The molecular weight excluding hydrogens is 418 g/mol. The van der Waals surface area contributed by atoms with Gasteiger partial charge in [-0.25, -0.2) is 0 Å². The Kier molecular flexibility index (Phi) is 6.40. The molecule has 1 aliphatic rings. The topological polar surface area (TPSA) is 82.9 Å². The van der Waals surface area contributed by atoms with Gasteiger partial charge >= 0.3 is 0 Å². The second kappa shape index (κ2) is 9.56. The van der Waals surface area contributed by atoms with E-state index in [0.29, 0.717) is 41.4 Å². The van der Waals surface area contributed by atoms with Crippen LogP contribution in [0.1, 0.15) is 30.7 Å². The van der Waals surface area contributed by atoms with E-state index in [4.69, 9.17) is 4.42 Å². The predicted octanol–water partition coefficient (Wildman–Crippen LogP) is 4.04. The molecule has 1 aliphatic heterocycles. The van der Waals surface area contributed by atoms with Crippen LogP contribution in [0.4, 0.5) is 5.69 Å². The lowest BCUT2D eigenvalue weighted by molar-refractivity contribution is -0.138. The molecule has 7 nitrogen and oxygen atoms in total. The Morgan fingerprint density at radius 2 is 1.70 bits per heavy atom. The average molecular weight is 444 g/mol.